The first-order chi connectivity index (χ1) is 10.8. The fourth-order valence-corrected chi connectivity index (χ4v) is 3.36. The molecule has 1 aromatic rings. The molecule has 0 radical (unpaired) electrons. The van der Waals surface area contributed by atoms with E-state index in [1.807, 2.05) is 23.1 Å². The van der Waals surface area contributed by atoms with Crippen LogP contribution < -0.4 is 5.32 Å². The van der Waals surface area contributed by atoms with Crippen molar-refractivity contribution in [2.24, 2.45) is 0 Å². The Labute approximate surface area is 130 Å². The number of rotatable bonds is 3. The summed E-state index contributed by atoms with van der Waals surface area (Å²) in [5.74, 6) is -0.216. The van der Waals surface area contributed by atoms with Gasteiger partial charge in [0.05, 0.1) is 25.3 Å². The lowest BCUT2D eigenvalue weighted by Crippen LogP contribution is -2.56. The van der Waals surface area contributed by atoms with Gasteiger partial charge in [-0.05, 0) is 25.0 Å². The summed E-state index contributed by atoms with van der Waals surface area (Å²) in [5.41, 5.74) is 0.577. The minimum Gasteiger partial charge on any atom is -0.374 e. The fourth-order valence-electron chi connectivity index (χ4n) is 3.36. The minimum absolute atomic E-state index is 0.00974. The molecule has 2 aliphatic rings. The largest absolute Gasteiger partial charge is 0.374 e. The van der Waals surface area contributed by atoms with E-state index in [0.29, 0.717) is 18.7 Å². The lowest BCUT2D eigenvalue weighted by Gasteiger charge is -2.43. The van der Waals surface area contributed by atoms with Crippen LogP contribution in [0.2, 0.25) is 0 Å². The Morgan fingerprint density at radius 3 is 2.77 bits per heavy atom. The van der Waals surface area contributed by atoms with Crippen molar-refractivity contribution in [2.45, 2.75) is 37.8 Å². The zero-order valence-corrected chi connectivity index (χ0v) is 12.7. The molecule has 5 heteroatoms. The van der Waals surface area contributed by atoms with Crippen LogP contribution in [0.25, 0.3) is 0 Å². The van der Waals surface area contributed by atoms with Crippen LogP contribution in [-0.4, -0.2) is 48.6 Å². The van der Waals surface area contributed by atoms with Crippen LogP contribution in [0.5, 0.6) is 0 Å². The molecule has 1 aromatic carbocycles. The smallest absolute Gasteiger partial charge is 0.251 e. The fraction of sp³-hybridized carbons (Fsp3) is 0.529. The predicted octanol–water partition coefficient (Wildman–Crippen LogP) is 1.59. The average Bonchev–Trinajstić information content (AvgIpc) is 2.59. The first-order valence-electron chi connectivity index (χ1n) is 8.00. The Balaban J connectivity index is 1.56. The number of hydrogen-bond donors (Lipinski definition) is 1. The molecular weight excluding hydrogens is 280 g/mol. The number of nitrogens with one attached hydrogen (secondary N) is 1. The summed E-state index contributed by atoms with van der Waals surface area (Å²) in [6, 6.07) is 9.15. The van der Waals surface area contributed by atoms with Crippen LogP contribution in [0.3, 0.4) is 0 Å². The highest BCUT2D eigenvalue weighted by Gasteiger charge is 2.36. The van der Waals surface area contributed by atoms with Crippen LogP contribution in [0, 0.1) is 0 Å². The van der Waals surface area contributed by atoms with E-state index in [1.54, 1.807) is 12.1 Å². The highest BCUT2D eigenvalue weighted by atomic mass is 16.5. The van der Waals surface area contributed by atoms with Crippen LogP contribution >= 0.6 is 0 Å². The van der Waals surface area contributed by atoms with E-state index < -0.39 is 0 Å². The number of ether oxygens (including phenoxy) is 1. The standard InChI is InChI=1S/C17H22N2O3/c20-16(12-18-17(21)13-6-2-1-3-7-13)19-10-11-22-15-9-5-4-8-14(15)19/h1-3,6-7,14-15H,4-5,8-12H2,(H,18,21)/t14-,15-/m0/s1. The second kappa shape index (κ2) is 6.92. The first-order valence-corrected chi connectivity index (χ1v) is 8.00. The molecule has 1 N–H and O–H groups in total. The number of fused-ring (bicyclic) bond motifs is 1. The van der Waals surface area contributed by atoms with Crippen LogP contribution in [0.1, 0.15) is 36.0 Å². The highest BCUT2D eigenvalue weighted by molar-refractivity contribution is 5.96. The molecule has 118 valence electrons. The highest BCUT2D eigenvalue weighted by Crippen LogP contribution is 2.28. The number of benzene rings is 1. The van der Waals surface area contributed by atoms with E-state index >= 15 is 0 Å². The quantitative estimate of drug-likeness (QED) is 0.922. The third-order valence-corrected chi connectivity index (χ3v) is 4.49. The summed E-state index contributed by atoms with van der Waals surface area (Å²) < 4.78 is 5.78. The van der Waals surface area contributed by atoms with E-state index in [-0.39, 0.29) is 30.5 Å². The number of carbonyl (C=O) groups is 2. The molecule has 3 rings (SSSR count). The number of amides is 2. The summed E-state index contributed by atoms with van der Waals surface area (Å²) in [6.45, 7) is 1.28. The lowest BCUT2D eigenvalue weighted by atomic mass is 9.90. The summed E-state index contributed by atoms with van der Waals surface area (Å²) in [4.78, 5) is 26.4. The van der Waals surface area contributed by atoms with E-state index in [2.05, 4.69) is 5.32 Å². The monoisotopic (exact) mass is 302 g/mol. The van der Waals surface area contributed by atoms with Crippen molar-refractivity contribution < 1.29 is 14.3 Å². The topological polar surface area (TPSA) is 58.6 Å². The molecule has 2 fully saturated rings. The van der Waals surface area contributed by atoms with E-state index in [0.717, 1.165) is 19.3 Å². The van der Waals surface area contributed by atoms with Gasteiger partial charge in [-0.25, -0.2) is 0 Å². The summed E-state index contributed by atoms with van der Waals surface area (Å²) in [6.07, 6.45) is 4.53. The third-order valence-electron chi connectivity index (χ3n) is 4.49. The summed E-state index contributed by atoms with van der Waals surface area (Å²) in [5, 5.41) is 2.72. The Morgan fingerprint density at radius 2 is 1.95 bits per heavy atom. The Hall–Kier alpha value is -1.88. The number of hydrogen-bond acceptors (Lipinski definition) is 3. The van der Waals surface area contributed by atoms with E-state index in [1.165, 1.54) is 6.42 Å². The molecule has 1 saturated heterocycles. The molecule has 1 aliphatic heterocycles. The molecule has 0 spiro atoms. The van der Waals surface area contributed by atoms with Crippen LogP contribution in [-0.2, 0) is 9.53 Å². The van der Waals surface area contributed by atoms with Gasteiger partial charge >= 0.3 is 0 Å². The van der Waals surface area contributed by atoms with Gasteiger partial charge in [-0.15, -0.1) is 0 Å². The van der Waals surface area contributed by atoms with Crippen molar-refractivity contribution in [3.8, 4) is 0 Å². The van der Waals surface area contributed by atoms with Gasteiger partial charge in [-0.2, -0.15) is 0 Å². The zero-order valence-electron chi connectivity index (χ0n) is 12.7. The van der Waals surface area contributed by atoms with Crippen LogP contribution in [0.4, 0.5) is 0 Å². The lowest BCUT2D eigenvalue weighted by molar-refractivity contribution is -0.148. The maximum absolute atomic E-state index is 12.4. The van der Waals surface area contributed by atoms with E-state index in [4.69, 9.17) is 4.74 Å². The second-order valence-corrected chi connectivity index (χ2v) is 5.90. The predicted molar refractivity (Wildman–Crippen MR) is 82.5 cm³/mol. The molecule has 0 unspecified atom stereocenters. The molecule has 5 nitrogen and oxygen atoms in total. The number of nitrogens with zero attached hydrogens (tertiary/aromatic N) is 1. The van der Waals surface area contributed by atoms with Crippen molar-refractivity contribution in [1.82, 2.24) is 10.2 Å². The average molecular weight is 302 g/mol. The minimum atomic E-state index is -0.206. The van der Waals surface area contributed by atoms with Crippen molar-refractivity contribution >= 4 is 11.8 Å². The Kier molecular flexibility index (Phi) is 4.73. The molecule has 0 bridgehead atoms. The summed E-state index contributed by atoms with van der Waals surface area (Å²) >= 11 is 0. The van der Waals surface area contributed by atoms with Crippen molar-refractivity contribution in [3.05, 3.63) is 35.9 Å². The molecular formula is C17H22N2O3. The first kappa shape index (κ1) is 15.0. The van der Waals surface area contributed by atoms with Gasteiger partial charge < -0.3 is 15.0 Å². The molecule has 1 aliphatic carbocycles. The third kappa shape index (κ3) is 3.30. The van der Waals surface area contributed by atoms with Gasteiger partial charge in [0.2, 0.25) is 5.91 Å². The second-order valence-electron chi connectivity index (χ2n) is 5.90. The van der Waals surface area contributed by atoms with Gasteiger partial charge in [-0.1, -0.05) is 31.0 Å². The molecule has 22 heavy (non-hydrogen) atoms. The summed E-state index contributed by atoms with van der Waals surface area (Å²) in [7, 11) is 0. The van der Waals surface area contributed by atoms with Crippen LogP contribution in [0.15, 0.2) is 30.3 Å². The zero-order chi connectivity index (χ0) is 15.4. The molecule has 0 aromatic heterocycles. The van der Waals surface area contributed by atoms with Gasteiger partial charge in [-0.3, -0.25) is 9.59 Å². The maximum Gasteiger partial charge on any atom is 0.251 e. The molecule has 1 heterocycles. The van der Waals surface area contributed by atoms with Gasteiger partial charge in [0.25, 0.3) is 5.91 Å². The van der Waals surface area contributed by atoms with Crippen molar-refractivity contribution in [2.75, 3.05) is 19.7 Å². The molecule has 2 amide bonds. The maximum atomic E-state index is 12.4. The Bertz CT molecular complexity index is 530. The molecule has 2 atom stereocenters. The number of carbonyl (C=O) groups excluding carboxylic acids is 2. The van der Waals surface area contributed by atoms with Gasteiger partial charge in [0, 0.05) is 12.1 Å². The Morgan fingerprint density at radius 1 is 1.18 bits per heavy atom. The number of morpholine rings is 1. The SMILES string of the molecule is O=C(NCC(=O)N1CCO[C@H]2CCCC[C@@H]21)c1ccccc1. The van der Waals surface area contributed by atoms with Gasteiger partial charge in [0.1, 0.15) is 0 Å². The van der Waals surface area contributed by atoms with Crippen molar-refractivity contribution in [3.63, 3.8) is 0 Å². The molecule has 1 saturated carbocycles. The van der Waals surface area contributed by atoms with Gasteiger partial charge in [0.15, 0.2) is 0 Å². The van der Waals surface area contributed by atoms with Crippen molar-refractivity contribution in [1.29, 1.82) is 0 Å². The normalized spacial score (nSPS) is 24.5. The van der Waals surface area contributed by atoms with E-state index in [9.17, 15) is 9.59 Å².